The molecule has 2 heterocycles. The maximum Gasteiger partial charge on any atom is 0.234 e. The first-order valence-corrected chi connectivity index (χ1v) is 11.2. The van der Waals surface area contributed by atoms with E-state index >= 15 is 0 Å². The number of nitrogens with zero attached hydrogens (tertiary/aromatic N) is 2. The van der Waals surface area contributed by atoms with E-state index in [1.165, 1.54) is 23.2 Å². The van der Waals surface area contributed by atoms with Gasteiger partial charge in [-0.15, -0.1) is 0 Å². The first-order valence-electron chi connectivity index (χ1n) is 8.85. The summed E-state index contributed by atoms with van der Waals surface area (Å²) in [6.07, 6.45) is 2.60. The minimum absolute atomic E-state index is 0.0589. The molecule has 1 unspecified atom stereocenters. The Morgan fingerprint density at radius 2 is 1.96 bits per heavy atom. The second-order valence-electron chi connectivity index (χ2n) is 7.20. The number of carbonyl (C=O) groups excluding carboxylic acids is 1. The molecule has 1 aromatic heterocycles. The quantitative estimate of drug-likeness (QED) is 0.724. The van der Waals surface area contributed by atoms with Gasteiger partial charge in [-0.3, -0.25) is 9.78 Å². The van der Waals surface area contributed by atoms with Crippen molar-refractivity contribution in [3.63, 3.8) is 0 Å². The van der Waals surface area contributed by atoms with Crippen LogP contribution in [0.2, 0.25) is 10.0 Å². The molecule has 0 bridgehead atoms. The zero-order chi connectivity index (χ0) is 20.1. The van der Waals surface area contributed by atoms with Crippen LogP contribution in [-0.4, -0.2) is 42.5 Å². The largest absolute Gasteiger partial charge is 0.341 e. The zero-order valence-electron chi connectivity index (χ0n) is 14.7. The number of benzene rings is 1. The fourth-order valence-corrected chi connectivity index (χ4v) is 6.13. The van der Waals surface area contributed by atoms with Crippen molar-refractivity contribution in [2.75, 3.05) is 13.1 Å². The normalized spacial score (nSPS) is 21.0. The Balaban J connectivity index is 1.56. The number of pyridine rings is 1. The van der Waals surface area contributed by atoms with Gasteiger partial charge in [0, 0.05) is 19.3 Å². The highest BCUT2D eigenvalue weighted by Crippen LogP contribution is 2.50. The van der Waals surface area contributed by atoms with Crippen LogP contribution in [0.4, 0.5) is 4.39 Å². The molecule has 1 aromatic carbocycles. The predicted octanol–water partition coefficient (Wildman–Crippen LogP) is 3.63. The SMILES string of the molecule is O=C(N1CCC(S(=O)(=O)c2ccccc2Cl)C1)C1(c2ncc(Cl)cc2F)CC1. The standard InChI is InChI=1S/C19H17Cl2FN2O3S/c20-12-9-15(22)17(23-10-12)19(6-7-19)18(25)24-8-5-13(11-24)28(26,27)16-4-2-1-3-14(16)21/h1-4,9-10,13H,5-8,11H2. The molecule has 2 fully saturated rings. The average molecular weight is 443 g/mol. The summed E-state index contributed by atoms with van der Waals surface area (Å²) in [6.45, 7) is 0.355. The number of rotatable bonds is 4. The van der Waals surface area contributed by atoms with Gasteiger partial charge in [0.25, 0.3) is 0 Å². The van der Waals surface area contributed by atoms with E-state index in [1.54, 1.807) is 12.1 Å². The lowest BCUT2D eigenvalue weighted by molar-refractivity contribution is -0.133. The summed E-state index contributed by atoms with van der Waals surface area (Å²) in [5.74, 6) is -0.893. The van der Waals surface area contributed by atoms with Gasteiger partial charge in [0.1, 0.15) is 5.82 Å². The third-order valence-corrected chi connectivity index (χ3v) is 8.31. The van der Waals surface area contributed by atoms with Crippen molar-refractivity contribution in [2.24, 2.45) is 0 Å². The van der Waals surface area contributed by atoms with E-state index in [0.29, 0.717) is 25.8 Å². The Bertz CT molecular complexity index is 1060. The Kier molecular flexibility index (Phi) is 4.88. The van der Waals surface area contributed by atoms with Crippen LogP contribution >= 0.6 is 23.2 Å². The monoisotopic (exact) mass is 442 g/mol. The van der Waals surface area contributed by atoms with Crippen LogP contribution in [0.1, 0.15) is 25.0 Å². The topological polar surface area (TPSA) is 67.3 Å². The molecule has 0 radical (unpaired) electrons. The number of aromatic nitrogens is 1. The molecule has 148 valence electrons. The van der Waals surface area contributed by atoms with Gasteiger partial charge in [0.15, 0.2) is 9.84 Å². The minimum atomic E-state index is -3.67. The molecule has 5 nitrogen and oxygen atoms in total. The van der Waals surface area contributed by atoms with Crippen molar-refractivity contribution in [3.8, 4) is 0 Å². The van der Waals surface area contributed by atoms with Crippen LogP contribution in [0, 0.1) is 5.82 Å². The third-order valence-electron chi connectivity index (χ3n) is 5.43. The van der Waals surface area contributed by atoms with E-state index < -0.39 is 26.3 Å². The van der Waals surface area contributed by atoms with Gasteiger partial charge in [-0.05, 0) is 37.5 Å². The number of halogens is 3. The highest BCUT2D eigenvalue weighted by atomic mass is 35.5. The van der Waals surface area contributed by atoms with Crippen LogP contribution in [0.15, 0.2) is 41.4 Å². The van der Waals surface area contributed by atoms with Crippen LogP contribution in [0.5, 0.6) is 0 Å². The van der Waals surface area contributed by atoms with Crippen LogP contribution < -0.4 is 0 Å². The molecule has 1 saturated carbocycles. The lowest BCUT2D eigenvalue weighted by Gasteiger charge is -2.23. The van der Waals surface area contributed by atoms with Gasteiger partial charge in [0.05, 0.1) is 31.3 Å². The smallest absolute Gasteiger partial charge is 0.234 e. The highest BCUT2D eigenvalue weighted by molar-refractivity contribution is 7.92. The number of hydrogen-bond acceptors (Lipinski definition) is 4. The molecule has 1 amide bonds. The summed E-state index contributed by atoms with van der Waals surface area (Å²) >= 11 is 11.8. The fourth-order valence-electron chi connectivity index (χ4n) is 3.77. The van der Waals surface area contributed by atoms with Gasteiger partial charge in [-0.1, -0.05) is 35.3 Å². The Morgan fingerprint density at radius 3 is 2.61 bits per heavy atom. The number of sulfone groups is 1. The Labute approximate surface area is 172 Å². The first-order chi connectivity index (χ1) is 13.3. The van der Waals surface area contributed by atoms with Crippen LogP contribution in [0.25, 0.3) is 0 Å². The number of carbonyl (C=O) groups is 1. The zero-order valence-corrected chi connectivity index (χ0v) is 17.1. The number of amides is 1. The van der Waals surface area contributed by atoms with E-state index in [0.717, 1.165) is 6.07 Å². The molecule has 0 N–H and O–H groups in total. The van der Waals surface area contributed by atoms with Crippen molar-refractivity contribution < 1.29 is 17.6 Å². The molecule has 1 saturated heterocycles. The fraction of sp³-hybridized carbons (Fsp3) is 0.368. The van der Waals surface area contributed by atoms with Crippen molar-refractivity contribution in [2.45, 2.75) is 34.8 Å². The molecule has 28 heavy (non-hydrogen) atoms. The maximum absolute atomic E-state index is 14.3. The third kappa shape index (κ3) is 3.19. The van der Waals surface area contributed by atoms with Gasteiger partial charge >= 0.3 is 0 Å². The molecule has 1 aliphatic carbocycles. The Morgan fingerprint density at radius 1 is 1.25 bits per heavy atom. The van der Waals surface area contributed by atoms with Gasteiger partial charge in [-0.2, -0.15) is 0 Å². The summed E-state index contributed by atoms with van der Waals surface area (Å²) in [5.41, 5.74) is -0.933. The summed E-state index contributed by atoms with van der Waals surface area (Å²) in [4.78, 5) is 18.7. The molecule has 2 aliphatic rings. The molecule has 9 heteroatoms. The number of likely N-dealkylation sites (tertiary alicyclic amines) is 1. The van der Waals surface area contributed by atoms with Crippen molar-refractivity contribution in [3.05, 3.63) is 58.1 Å². The first kappa shape index (κ1) is 19.6. The summed E-state index contributed by atoms with van der Waals surface area (Å²) in [5, 5.41) is -0.412. The van der Waals surface area contributed by atoms with Gasteiger partial charge in [0.2, 0.25) is 5.91 Å². The molecular weight excluding hydrogens is 426 g/mol. The molecule has 1 atom stereocenters. The highest BCUT2D eigenvalue weighted by Gasteiger charge is 2.57. The number of hydrogen-bond donors (Lipinski definition) is 0. The van der Waals surface area contributed by atoms with Crippen molar-refractivity contribution in [1.82, 2.24) is 9.88 Å². The second kappa shape index (κ2) is 6.97. The predicted molar refractivity (Wildman–Crippen MR) is 104 cm³/mol. The molecule has 1 aliphatic heterocycles. The average Bonchev–Trinajstić information content (AvgIpc) is 3.28. The molecular formula is C19H17Cl2FN2O3S. The van der Waals surface area contributed by atoms with Crippen molar-refractivity contribution in [1.29, 1.82) is 0 Å². The molecule has 0 spiro atoms. The van der Waals surface area contributed by atoms with E-state index in [2.05, 4.69) is 4.98 Å². The summed E-state index contributed by atoms with van der Waals surface area (Å²) < 4.78 is 40.2. The summed E-state index contributed by atoms with van der Waals surface area (Å²) in [7, 11) is -3.67. The second-order valence-corrected chi connectivity index (χ2v) is 10.2. The molecule has 4 rings (SSSR count). The lowest BCUT2D eigenvalue weighted by atomic mass is 9.99. The van der Waals surface area contributed by atoms with Gasteiger partial charge < -0.3 is 4.90 Å². The molecule has 2 aromatic rings. The summed E-state index contributed by atoms with van der Waals surface area (Å²) in [6, 6.07) is 7.42. The van der Waals surface area contributed by atoms with E-state index in [9.17, 15) is 17.6 Å². The lowest BCUT2D eigenvalue weighted by Crippen LogP contribution is -2.40. The maximum atomic E-state index is 14.3. The van der Waals surface area contributed by atoms with Gasteiger partial charge in [-0.25, -0.2) is 12.8 Å². The van der Waals surface area contributed by atoms with E-state index in [-0.39, 0.29) is 33.1 Å². The minimum Gasteiger partial charge on any atom is -0.341 e. The van der Waals surface area contributed by atoms with Crippen LogP contribution in [0.3, 0.4) is 0 Å². The van der Waals surface area contributed by atoms with Crippen molar-refractivity contribution >= 4 is 38.9 Å². The van der Waals surface area contributed by atoms with E-state index in [1.807, 2.05) is 0 Å². The van der Waals surface area contributed by atoms with Crippen LogP contribution in [-0.2, 0) is 20.0 Å². The van der Waals surface area contributed by atoms with E-state index in [4.69, 9.17) is 23.2 Å². The Hall–Kier alpha value is -1.70.